The Morgan fingerprint density at radius 2 is 1.92 bits per heavy atom. The summed E-state index contributed by atoms with van der Waals surface area (Å²) in [5.41, 5.74) is 0.523. The topological polar surface area (TPSA) is 73.9 Å². The van der Waals surface area contributed by atoms with Crippen LogP contribution in [-0.4, -0.2) is 19.4 Å². The van der Waals surface area contributed by atoms with Gasteiger partial charge in [-0.1, -0.05) is 41.9 Å². The first-order valence-electron chi connectivity index (χ1n) is 6.72. The van der Waals surface area contributed by atoms with Gasteiger partial charge in [0.25, 0.3) is 0 Å². The Hall–Kier alpha value is -2.80. The Morgan fingerprint density at radius 1 is 1.21 bits per heavy atom. The van der Waals surface area contributed by atoms with Crippen molar-refractivity contribution in [1.29, 1.82) is 0 Å². The standard InChI is InChI=1S/C16H13ClFNO5/c1-22-16(21)24-14-8-13(12(18)7-11(14)17)19-15(20)23-9-10-5-3-2-4-6-10/h2-8H,9H2,1H3,(H,19,20). The van der Waals surface area contributed by atoms with Gasteiger partial charge < -0.3 is 14.2 Å². The van der Waals surface area contributed by atoms with Crippen molar-refractivity contribution >= 4 is 29.5 Å². The average Bonchev–Trinajstić information content (AvgIpc) is 2.58. The quantitative estimate of drug-likeness (QED) is 0.652. The molecule has 0 saturated carbocycles. The lowest BCUT2D eigenvalue weighted by Crippen LogP contribution is -2.15. The van der Waals surface area contributed by atoms with E-state index >= 15 is 0 Å². The van der Waals surface area contributed by atoms with Gasteiger partial charge in [0, 0.05) is 6.07 Å². The number of anilines is 1. The summed E-state index contributed by atoms with van der Waals surface area (Å²) in [4.78, 5) is 22.8. The summed E-state index contributed by atoms with van der Waals surface area (Å²) < 4.78 is 27.9. The fraction of sp³-hybridized carbons (Fsp3) is 0.125. The number of carbonyl (C=O) groups excluding carboxylic acids is 2. The van der Waals surface area contributed by atoms with Gasteiger partial charge in [0.05, 0.1) is 17.8 Å². The van der Waals surface area contributed by atoms with Crippen molar-refractivity contribution in [3.05, 3.63) is 58.9 Å². The van der Waals surface area contributed by atoms with Crippen molar-refractivity contribution in [2.24, 2.45) is 0 Å². The number of amides is 1. The van der Waals surface area contributed by atoms with E-state index in [2.05, 4.69) is 10.1 Å². The van der Waals surface area contributed by atoms with Crippen molar-refractivity contribution in [3.8, 4) is 5.75 Å². The van der Waals surface area contributed by atoms with E-state index in [9.17, 15) is 14.0 Å². The molecule has 2 rings (SSSR count). The number of hydrogen-bond acceptors (Lipinski definition) is 5. The van der Waals surface area contributed by atoms with Crippen LogP contribution in [0, 0.1) is 5.82 Å². The van der Waals surface area contributed by atoms with Gasteiger partial charge in [0.2, 0.25) is 0 Å². The zero-order valence-corrected chi connectivity index (χ0v) is 13.3. The molecule has 0 radical (unpaired) electrons. The molecule has 0 unspecified atom stereocenters. The van der Waals surface area contributed by atoms with Crippen LogP contribution in [0.15, 0.2) is 42.5 Å². The Bertz CT molecular complexity index is 739. The SMILES string of the molecule is COC(=O)Oc1cc(NC(=O)OCc2ccccc2)c(F)cc1Cl. The van der Waals surface area contributed by atoms with E-state index in [1.807, 2.05) is 6.07 Å². The average molecular weight is 354 g/mol. The minimum Gasteiger partial charge on any atom is -0.444 e. The molecule has 0 bridgehead atoms. The van der Waals surface area contributed by atoms with Crippen LogP contribution >= 0.6 is 11.6 Å². The van der Waals surface area contributed by atoms with Crippen LogP contribution in [0.1, 0.15) is 5.56 Å². The second-order valence-corrected chi connectivity index (χ2v) is 4.91. The summed E-state index contributed by atoms with van der Waals surface area (Å²) in [6.07, 6.45) is -1.90. The van der Waals surface area contributed by atoms with Gasteiger partial charge in [-0.05, 0) is 11.6 Å². The third-order valence-corrected chi connectivity index (χ3v) is 3.13. The maximum absolute atomic E-state index is 13.8. The summed E-state index contributed by atoms with van der Waals surface area (Å²) in [5.74, 6) is -0.975. The van der Waals surface area contributed by atoms with Crippen LogP contribution in [0.3, 0.4) is 0 Å². The number of benzene rings is 2. The Labute approximate surface area is 142 Å². The van der Waals surface area contributed by atoms with E-state index in [4.69, 9.17) is 21.1 Å². The van der Waals surface area contributed by atoms with Crippen LogP contribution in [-0.2, 0) is 16.1 Å². The highest BCUT2D eigenvalue weighted by Gasteiger charge is 2.15. The monoisotopic (exact) mass is 353 g/mol. The molecular formula is C16H13ClFNO5. The zero-order chi connectivity index (χ0) is 17.5. The maximum Gasteiger partial charge on any atom is 0.513 e. The van der Waals surface area contributed by atoms with Crippen LogP contribution in [0.2, 0.25) is 5.02 Å². The summed E-state index contributed by atoms with van der Waals surface area (Å²) in [6.45, 7) is 0.0212. The first-order chi connectivity index (χ1) is 11.5. The van der Waals surface area contributed by atoms with Crippen molar-refractivity contribution in [3.63, 3.8) is 0 Å². The number of ether oxygens (including phenoxy) is 3. The second kappa shape index (κ2) is 8.16. The molecule has 24 heavy (non-hydrogen) atoms. The minimum absolute atomic E-state index is 0.0212. The molecule has 8 heteroatoms. The molecule has 0 aliphatic heterocycles. The molecule has 126 valence electrons. The lowest BCUT2D eigenvalue weighted by molar-refractivity contribution is 0.121. The molecule has 2 aromatic carbocycles. The van der Waals surface area contributed by atoms with Crippen molar-refractivity contribution in [1.82, 2.24) is 0 Å². The van der Waals surface area contributed by atoms with Gasteiger partial charge >= 0.3 is 12.2 Å². The highest BCUT2D eigenvalue weighted by atomic mass is 35.5. The molecule has 0 heterocycles. The second-order valence-electron chi connectivity index (χ2n) is 4.51. The van der Waals surface area contributed by atoms with E-state index in [0.29, 0.717) is 0 Å². The number of methoxy groups -OCH3 is 1. The molecule has 0 atom stereocenters. The van der Waals surface area contributed by atoms with E-state index in [-0.39, 0.29) is 23.1 Å². The first-order valence-corrected chi connectivity index (χ1v) is 7.10. The number of hydrogen-bond donors (Lipinski definition) is 1. The van der Waals surface area contributed by atoms with Crippen LogP contribution in [0.5, 0.6) is 5.75 Å². The minimum atomic E-state index is -1.03. The molecule has 0 fully saturated rings. The van der Waals surface area contributed by atoms with E-state index < -0.39 is 18.1 Å². The number of carbonyl (C=O) groups is 2. The molecule has 0 spiro atoms. The van der Waals surface area contributed by atoms with Crippen molar-refractivity contribution in [2.75, 3.05) is 12.4 Å². The summed E-state index contributed by atoms with van der Waals surface area (Å²) in [5, 5.41) is 2.06. The highest BCUT2D eigenvalue weighted by molar-refractivity contribution is 6.32. The van der Waals surface area contributed by atoms with Gasteiger partial charge in [-0.15, -0.1) is 0 Å². The fourth-order valence-corrected chi connectivity index (χ4v) is 1.89. The molecule has 1 N–H and O–H groups in total. The first kappa shape index (κ1) is 17.6. The molecule has 0 aliphatic rings. The molecule has 1 amide bonds. The maximum atomic E-state index is 13.8. The smallest absolute Gasteiger partial charge is 0.444 e. The molecule has 0 aliphatic carbocycles. The van der Waals surface area contributed by atoms with Gasteiger partial charge in [0.1, 0.15) is 12.4 Å². The number of nitrogens with one attached hydrogen (secondary N) is 1. The molecule has 6 nitrogen and oxygen atoms in total. The normalized spacial score (nSPS) is 9.96. The Kier molecular flexibility index (Phi) is 5.97. The summed E-state index contributed by atoms with van der Waals surface area (Å²) in [7, 11) is 1.11. The van der Waals surface area contributed by atoms with Crippen LogP contribution in [0.4, 0.5) is 19.7 Å². The third kappa shape index (κ3) is 4.85. The van der Waals surface area contributed by atoms with E-state index in [1.54, 1.807) is 24.3 Å². The largest absolute Gasteiger partial charge is 0.513 e. The zero-order valence-electron chi connectivity index (χ0n) is 12.5. The lowest BCUT2D eigenvalue weighted by Gasteiger charge is -2.11. The Balaban J connectivity index is 2.04. The number of halogens is 2. The molecular weight excluding hydrogens is 341 g/mol. The van der Waals surface area contributed by atoms with E-state index in [0.717, 1.165) is 24.8 Å². The van der Waals surface area contributed by atoms with E-state index in [1.165, 1.54) is 0 Å². The predicted octanol–water partition coefficient (Wildman–Crippen LogP) is 4.37. The van der Waals surface area contributed by atoms with Gasteiger partial charge in [-0.2, -0.15) is 0 Å². The van der Waals surface area contributed by atoms with Crippen molar-refractivity contribution < 1.29 is 28.2 Å². The van der Waals surface area contributed by atoms with Gasteiger partial charge in [0.15, 0.2) is 5.75 Å². The molecule has 0 saturated heterocycles. The van der Waals surface area contributed by atoms with Crippen LogP contribution in [0.25, 0.3) is 0 Å². The lowest BCUT2D eigenvalue weighted by atomic mass is 10.2. The van der Waals surface area contributed by atoms with Gasteiger partial charge in [-0.25, -0.2) is 14.0 Å². The molecule has 0 aromatic heterocycles. The molecule has 2 aromatic rings. The van der Waals surface area contributed by atoms with Crippen LogP contribution < -0.4 is 10.1 Å². The highest BCUT2D eigenvalue weighted by Crippen LogP contribution is 2.31. The summed E-state index contributed by atoms with van der Waals surface area (Å²) >= 11 is 5.76. The summed E-state index contributed by atoms with van der Waals surface area (Å²) in [6, 6.07) is 10.9. The van der Waals surface area contributed by atoms with Gasteiger partial charge in [-0.3, -0.25) is 5.32 Å². The van der Waals surface area contributed by atoms with Crippen molar-refractivity contribution in [2.45, 2.75) is 6.61 Å². The fourth-order valence-electron chi connectivity index (χ4n) is 1.70. The Morgan fingerprint density at radius 3 is 2.58 bits per heavy atom. The number of rotatable bonds is 4. The predicted molar refractivity (Wildman–Crippen MR) is 84.7 cm³/mol. The third-order valence-electron chi connectivity index (χ3n) is 2.83.